The number of piperidine rings is 1. The Balaban J connectivity index is 1.96. The normalized spacial score (nSPS) is 17.4. The van der Waals surface area contributed by atoms with Gasteiger partial charge in [-0.1, -0.05) is 26.7 Å². The lowest BCUT2D eigenvalue weighted by Gasteiger charge is -2.45. The van der Waals surface area contributed by atoms with Crippen molar-refractivity contribution >= 4 is 29.3 Å². The highest BCUT2D eigenvalue weighted by Crippen LogP contribution is 2.49. The third kappa shape index (κ3) is 6.49. The van der Waals surface area contributed by atoms with Crippen LogP contribution in [0, 0.1) is 41.9 Å². The number of nitrogens with zero attached hydrogens (tertiary/aromatic N) is 2. The number of benzene rings is 1. The predicted octanol–water partition coefficient (Wildman–Crippen LogP) is 6.04. The van der Waals surface area contributed by atoms with E-state index >= 15 is 0 Å². The number of ketones is 1. The number of ether oxygens (including phenoxy) is 1. The molecule has 1 aromatic rings. The fourth-order valence-corrected chi connectivity index (χ4v) is 5.61. The molecule has 0 bridgehead atoms. The summed E-state index contributed by atoms with van der Waals surface area (Å²) in [6, 6.07) is 3.60. The molecule has 216 valence electrons. The zero-order chi connectivity index (χ0) is 30.2. The second-order valence-corrected chi connectivity index (χ2v) is 13.5. The Morgan fingerprint density at radius 1 is 0.950 bits per heavy atom. The molecule has 2 aliphatic rings. The highest BCUT2D eigenvalue weighted by Gasteiger charge is 2.46. The van der Waals surface area contributed by atoms with E-state index in [-0.39, 0.29) is 23.7 Å². The topological polar surface area (TPSA) is 84.0 Å². The molecule has 7 heteroatoms. The van der Waals surface area contributed by atoms with Crippen LogP contribution < -0.4 is 0 Å². The number of urea groups is 1. The molecule has 1 aliphatic heterocycles. The summed E-state index contributed by atoms with van der Waals surface area (Å²) in [7, 11) is 1.52. The van der Waals surface area contributed by atoms with E-state index in [1.807, 2.05) is 26.0 Å². The maximum atomic E-state index is 13.9. The minimum absolute atomic E-state index is 0.0525. The maximum absolute atomic E-state index is 13.9. The van der Waals surface area contributed by atoms with E-state index in [2.05, 4.69) is 11.8 Å². The number of rotatable bonds is 2. The summed E-state index contributed by atoms with van der Waals surface area (Å²) in [5.74, 6) is 5.74. The van der Waals surface area contributed by atoms with Gasteiger partial charge in [0, 0.05) is 44.0 Å². The van der Waals surface area contributed by atoms with Gasteiger partial charge in [-0.2, -0.15) is 0 Å². The molecule has 7 nitrogen and oxygen atoms in total. The van der Waals surface area contributed by atoms with E-state index in [1.54, 1.807) is 53.4 Å². The van der Waals surface area contributed by atoms with Crippen LogP contribution in [-0.2, 0) is 19.1 Å². The van der Waals surface area contributed by atoms with Gasteiger partial charge in [-0.05, 0) is 88.6 Å². The quantitative estimate of drug-likeness (QED) is 0.332. The van der Waals surface area contributed by atoms with E-state index in [4.69, 9.17) is 4.74 Å². The number of allylic oxidation sites excluding steroid dienone is 2. The minimum Gasteiger partial charge on any atom is -0.430 e. The van der Waals surface area contributed by atoms with Gasteiger partial charge in [0.15, 0.2) is 5.78 Å². The number of Topliss-reactive ketones (excluding diaryl/α,β-unsaturated/α-hetero) is 1. The van der Waals surface area contributed by atoms with Crippen LogP contribution >= 0.6 is 0 Å². The summed E-state index contributed by atoms with van der Waals surface area (Å²) < 4.78 is 6.05. The first-order valence-corrected chi connectivity index (χ1v) is 14.0. The highest BCUT2D eigenvalue weighted by molar-refractivity contribution is 6.23. The molecule has 1 spiro atoms. The number of carbonyl (C=O) groups excluding carboxylic acids is 4. The first kappa shape index (κ1) is 31.1. The van der Waals surface area contributed by atoms with Crippen molar-refractivity contribution in [2.45, 2.75) is 88.0 Å². The Labute approximate surface area is 239 Å². The largest absolute Gasteiger partial charge is 0.430 e. The first-order valence-electron chi connectivity index (χ1n) is 14.0. The van der Waals surface area contributed by atoms with Gasteiger partial charge in [-0.15, -0.1) is 5.92 Å². The highest BCUT2D eigenvalue weighted by atomic mass is 16.5. The lowest BCUT2D eigenvalue weighted by Crippen LogP contribution is -2.52. The van der Waals surface area contributed by atoms with E-state index in [1.165, 1.54) is 11.9 Å². The summed E-state index contributed by atoms with van der Waals surface area (Å²) in [5.41, 5.74) is 2.14. The van der Waals surface area contributed by atoms with Crippen LogP contribution in [0.4, 0.5) is 4.79 Å². The lowest BCUT2D eigenvalue weighted by molar-refractivity contribution is -0.149. The van der Waals surface area contributed by atoms with Crippen LogP contribution in [0.5, 0.6) is 0 Å². The average molecular weight is 549 g/mol. The van der Waals surface area contributed by atoms with E-state index in [0.717, 1.165) is 22.3 Å². The average Bonchev–Trinajstić information content (AvgIpc) is 2.83. The third-order valence-electron chi connectivity index (χ3n) is 7.84. The molecule has 1 aliphatic carbocycles. The van der Waals surface area contributed by atoms with E-state index in [9.17, 15) is 19.2 Å². The summed E-state index contributed by atoms with van der Waals surface area (Å²) in [5, 5.41) is 0. The van der Waals surface area contributed by atoms with Gasteiger partial charge < -0.3 is 9.64 Å². The molecule has 40 heavy (non-hydrogen) atoms. The number of imide groups is 1. The Hall–Kier alpha value is -3.40. The second kappa shape index (κ2) is 11.2. The van der Waals surface area contributed by atoms with Crippen LogP contribution in [0.2, 0.25) is 0 Å². The zero-order valence-electron chi connectivity index (χ0n) is 25.8. The van der Waals surface area contributed by atoms with Gasteiger partial charge in [-0.3, -0.25) is 19.3 Å². The van der Waals surface area contributed by atoms with Crippen molar-refractivity contribution in [1.29, 1.82) is 0 Å². The van der Waals surface area contributed by atoms with Crippen LogP contribution in [0.25, 0.3) is 5.57 Å². The standard InChI is InChI=1S/C33H44N2O5/c1-11-12-23-17-21(2)26(22(3)18-23)27-24(36)19-33(20-25(27)40-29(38)32(7,8)9)13-15-35(16-14-33)30(39)34(10)28(37)31(4,5)6/h17-18H,13-16,19-20H2,1-10H3. The van der Waals surface area contributed by atoms with Gasteiger partial charge in [-0.25, -0.2) is 4.79 Å². The Morgan fingerprint density at radius 2 is 1.50 bits per heavy atom. The fraction of sp³-hybridized carbons (Fsp3) is 0.576. The number of amides is 3. The monoisotopic (exact) mass is 548 g/mol. The summed E-state index contributed by atoms with van der Waals surface area (Å²) in [4.78, 5) is 55.7. The molecule has 3 amide bonds. The molecule has 1 saturated heterocycles. The third-order valence-corrected chi connectivity index (χ3v) is 7.84. The second-order valence-electron chi connectivity index (χ2n) is 13.5. The molecule has 0 aromatic heterocycles. The van der Waals surface area contributed by atoms with Gasteiger partial charge in [0.1, 0.15) is 5.76 Å². The lowest BCUT2D eigenvalue weighted by atomic mass is 9.66. The van der Waals surface area contributed by atoms with Crippen LogP contribution in [0.15, 0.2) is 17.9 Å². The Morgan fingerprint density at radius 3 is 1.98 bits per heavy atom. The van der Waals surface area contributed by atoms with Crippen molar-refractivity contribution in [2.75, 3.05) is 20.1 Å². The molecule has 0 saturated carbocycles. The maximum Gasteiger partial charge on any atom is 0.326 e. The fourth-order valence-electron chi connectivity index (χ4n) is 5.61. The molecular formula is C33H44N2O5. The van der Waals surface area contributed by atoms with Crippen LogP contribution in [0.1, 0.15) is 96.4 Å². The van der Waals surface area contributed by atoms with Crippen molar-refractivity contribution in [3.8, 4) is 11.8 Å². The molecule has 1 aromatic carbocycles. The van der Waals surface area contributed by atoms with Crippen molar-refractivity contribution < 1.29 is 23.9 Å². The number of hydrogen-bond acceptors (Lipinski definition) is 5. The number of hydrogen-bond donors (Lipinski definition) is 0. The molecule has 3 rings (SSSR count). The molecular weight excluding hydrogens is 504 g/mol. The Bertz CT molecular complexity index is 1300. The molecule has 0 radical (unpaired) electrons. The zero-order valence-corrected chi connectivity index (χ0v) is 25.8. The van der Waals surface area contributed by atoms with Gasteiger partial charge in [0.05, 0.1) is 11.0 Å². The molecule has 0 N–H and O–H groups in total. The summed E-state index contributed by atoms with van der Waals surface area (Å²) >= 11 is 0. The molecule has 0 unspecified atom stereocenters. The van der Waals surface area contributed by atoms with Gasteiger partial charge in [0.25, 0.3) is 0 Å². The van der Waals surface area contributed by atoms with Crippen LogP contribution in [0.3, 0.4) is 0 Å². The van der Waals surface area contributed by atoms with E-state index in [0.29, 0.717) is 50.1 Å². The Kier molecular flexibility index (Phi) is 8.74. The van der Waals surface area contributed by atoms with Crippen LogP contribution in [-0.4, -0.2) is 53.6 Å². The van der Waals surface area contributed by atoms with Crippen molar-refractivity contribution in [1.82, 2.24) is 9.80 Å². The summed E-state index contributed by atoms with van der Waals surface area (Å²) in [6.07, 6.45) is 1.90. The first-order chi connectivity index (χ1) is 18.4. The number of esters is 1. The van der Waals surface area contributed by atoms with Gasteiger partial charge >= 0.3 is 12.0 Å². The predicted molar refractivity (Wildman–Crippen MR) is 156 cm³/mol. The molecule has 0 atom stereocenters. The number of carbonyl (C=O) groups is 4. The number of likely N-dealkylation sites (tertiary alicyclic amines) is 1. The van der Waals surface area contributed by atoms with Crippen molar-refractivity contribution in [3.05, 3.63) is 40.1 Å². The van der Waals surface area contributed by atoms with E-state index < -0.39 is 16.2 Å². The molecule has 1 fully saturated rings. The smallest absolute Gasteiger partial charge is 0.326 e. The number of aryl methyl sites for hydroxylation is 2. The van der Waals surface area contributed by atoms with Gasteiger partial charge in [0.2, 0.25) is 5.91 Å². The SMILES string of the molecule is CC#Cc1cc(C)c(C2=C(OC(=O)C(C)(C)C)CC3(CCN(C(=O)N(C)C(=O)C(C)(C)C)CC3)CC2=O)c(C)c1. The minimum atomic E-state index is -0.740. The summed E-state index contributed by atoms with van der Waals surface area (Å²) in [6.45, 7) is 17.3. The van der Waals surface area contributed by atoms with Crippen molar-refractivity contribution in [3.63, 3.8) is 0 Å². The van der Waals surface area contributed by atoms with Crippen molar-refractivity contribution in [2.24, 2.45) is 16.2 Å². The molecule has 1 heterocycles.